The summed E-state index contributed by atoms with van der Waals surface area (Å²) in [6.45, 7) is 3.30. The van der Waals surface area contributed by atoms with Gasteiger partial charge in [-0.15, -0.1) is 12.4 Å². The van der Waals surface area contributed by atoms with Crippen LogP contribution in [-0.4, -0.2) is 24.3 Å². The van der Waals surface area contributed by atoms with Crippen LogP contribution in [0.2, 0.25) is 5.02 Å². The lowest BCUT2D eigenvalue weighted by Gasteiger charge is -2.12. The van der Waals surface area contributed by atoms with E-state index in [1.807, 2.05) is 12.1 Å². The summed E-state index contributed by atoms with van der Waals surface area (Å²) >= 11 is 6.33. The van der Waals surface area contributed by atoms with Crippen molar-refractivity contribution in [3.05, 3.63) is 40.1 Å². The smallest absolute Gasteiger partial charge is 0.152 e. The minimum absolute atomic E-state index is 0. The third-order valence-corrected chi connectivity index (χ3v) is 4.03. The highest BCUT2D eigenvalue weighted by Crippen LogP contribution is 2.36. The predicted molar refractivity (Wildman–Crippen MR) is 88.2 cm³/mol. The number of allylic oxidation sites excluding steroid dienone is 1. The molecule has 0 spiro atoms. The van der Waals surface area contributed by atoms with Gasteiger partial charge in [0.05, 0.1) is 0 Å². The molecular weight excluding hydrogens is 309 g/mol. The van der Waals surface area contributed by atoms with E-state index in [-0.39, 0.29) is 18.2 Å². The Morgan fingerprint density at radius 2 is 2.14 bits per heavy atom. The summed E-state index contributed by atoms with van der Waals surface area (Å²) < 4.78 is 5.90. The molecule has 3 nitrogen and oxygen atoms in total. The number of halogens is 2. The van der Waals surface area contributed by atoms with Gasteiger partial charge in [-0.2, -0.15) is 0 Å². The van der Waals surface area contributed by atoms with E-state index >= 15 is 0 Å². The molecule has 0 N–H and O–H groups in total. The Kier molecular flexibility index (Phi) is 4.77. The molecule has 21 heavy (non-hydrogen) atoms. The van der Waals surface area contributed by atoms with Gasteiger partial charge in [-0.25, -0.2) is 0 Å². The summed E-state index contributed by atoms with van der Waals surface area (Å²) in [4.78, 5) is 13.4. The third kappa shape index (κ3) is 3.00. The van der Waals surface area contributed by atoms with Gasteiger partial charge < -0.3 is 9.32 Å². The number of carbonyl (C=O) groups is 1. The lowest BCUT2D eigenvalue weighted by molar-refractivity contribution is -0.112. The molecule has 0 saturated carbocycles. The number of hydrogen-bond acceptors (Lipinski definition) is 3. The van der Waals surface area contributed by atoms with E-state index in [0.717, 1.165) is 52.4 Å². The summed E-state index contributed by atoms with van der Waals surface area (Å²) in [6.07, 6.45) is 4.21. The zero-order chi connectivity index (χ0) is 14.3. The molecule has 0 radical (unpaired) electrons. The average Bonchev–Trinajstić information content (AvgIpc) is 2.62. The molecule has 2 aromatic rings. The second kappa shape index (κ2) is 6.22. The number of furan rings is 1. The second-order valence-corrected chi connectivity index (χ2v) is 5.68. The van der Waals surface area contributed by atoms with Gasteiger partial charge in [-0.1, -0.05) is 11.6 Å². The maximum atomic E-state index is 11.1. The maximum Gasteiger partial charge on any atom is 0.152 e. The van der Waals surface area contributed by atoms with Crippen LogP contribution >= 0.6 is 24.0 Å². The number of benzene rings is 1. The molecule has 1 aliphatic rings. The highest BCUT2D eigenvalue weighted by Gasteiger charge is 2.22. The van der Waals surface area contributed by atoms with Gasteiger partial charge in [0.1, 0.15) is 11.3 Å². The molecule has 0 atom stereocenters. The molecule has 0 bridgehead atoms. The normalized spacial score (nSPS) is 15.2. The standard InChI is InChI=1S/C16H16ClNO2.ClH/c1-10(19)3-5-14-12-9-18(2)8-7-11-13(17)4-6-15(20-14)16(11)12;/h3-6H,7-9H2,1-2H3;1H/b5-3+;. The molecule has 0 saturated heterocycles. The first-order valence-corrected chi connectivity index (χ1v) is 7.04. The van der Waals surface area contributed by atoms with E-state index in [9.17, 15) is 4.79 Å². The lowest BCUT2D eigenvalue weighted by atomic mass is 10.0. The quantitative estimate of drug-likeness (QED) is 0.779. The third-order valence-electron chi connectivity index (χ3n) is 3.68. The Morgan fingerprint density at radius 1 is 1.38 bits per heavy atom. The van der Waals surface area contributed by atoms with Gasteiger partial charge in [0, 0.05) is 29.1 Å². The Labute approximate surface area is 135 Å². The van der Waals surface area contributed by atoms with Crippen molar-refractivity contribution in [2.45, 2.75) is 19.9 Å². The highest BCUT2D eigenvalue weighted by molar-refractivity contribution is 6.32. The van der Waals surface area contributed by atoms with Gasteiger partial charge in [0.2, 0.25) is 0 Å². The van der Waals surface area contributed by atoms with Crippen molar-refractivity contribution in [1.29, 1.82) is 0 Å². The summed E-state index contributed by atoms with van der Waals surface area (Å²) in [5.74, 6) is 0.769. The van der Waals surface area contributed by atoms with Crippen molar-refractivity contribution in [3.8, 4) is 0 Å². The largest absolute Gasteiger partial charge is 0.456 e. The van der Waals surface area contributed by atoms with Crippen LogP contribution in [-0.2, 0) is 17.8 Å². The molecule has 0 unspecified atom stereocenters. The molecule has 0 amide bonds. The molecule has 1 aromatic carbocycles. The second-order valence-electron chi connectivity index (χ2n) is 5.28. The van der Waals surface area contributed by atoms with Crippen LogP contribution in [0, 0.1) is 0 Å². The van der Waals surface area contributed by atoms with Crippen LogP contribution in [0.15, 0.2) is 22.6 Å². The first-order valence-electron chi connectivity index (χ1n) is 6.66. The highest BCUT2D eigenvalue weighted by atomic mass is 35.5. The maximum absolute atomic E-state index is 11.1. The molecule has 112 valence electrons. The van der Waals surface area contributed by atoms with Crippen LogP contribution < -0.4 is 0 Å². The van der Waals surface area contributed by atoms with Crippen molar-refractivity contribution in [2.24, 2.45) is 0 Å². The summed E-state index contributed by atoms with van der Waals surface area (Å²) in [5.41, 5.74) is 3.11. The van der Waals surface area contributed by atoms with Gasteiger partial charge in [-0.3, -0.25) is 4.79 Å². The van der Waals surface area contributed by atoms with Gasteiger partial charge in [0.15, 0.2) is 5.78 Å². The molecule has 3 rings (SSSR count). The number of carbonyl (C=O) groups excluding carboxylic acids is 1. The SMILES string of the molecule is CC(=O)/C=C/c1oc2ccc(Cl)c3c2c1CN(C)CC3.Cl. The molecule has 5 heteroatoms. The molecular formula is C16H17Cl2NO2. The van der Waals surface area contributed by atoms with Crippen LogP contribution in [0.1, 0.15) is 23.8 Å². The van der Waals surface area contributed by atoms with Crippen LogP contribution in [0.3, 0.4) is 0 Å². The van der Waals surface area contributed by atoms with Gasteiger partial charge in [-0.05, 0) is 50.2 Å². The molecule has 1 aliphatic heterocycles. The zero-order valence-corrected chi connectivity index (χ0v) is 13.6. The summed E-state index contributed by atoms with van der Waals surface area (Å²) in [6, 6.07) is 3.79. The number of ketones is 1. The topological polar surface area (TPSA) is 33.5 Å². The number of rotatable bonds is 2. The van der Waals surface area contributed by atoms with E-state index in [0.29, 0.717) is 0 Å². The van der Waals surface area contributed by atoms with Crippen molar-refractivity contribution in [1.82, 2.24) is 4.90 Å². The first kappa shape index (κ1) is 16.1. The Morgan fingerprint density at radius 3 is 2.86 bits per heavy atom. The van der Waals surface area contributed by atoms with Crippen molar-refractivity contribution in [2.75, 3.05) is 13.6 Å². The Bertz CT molecular complexity index is 719. The number of hydrogen-bond donors (Lipinski definition) is 0. The fraction of sp³-hybridized carbons (Fsp3) is 0.312. The van der Waals surface area contributed by atoms with E-state index in [1.54, 1.807) is 12.2 Å². The molecule has 0 aliphatic carbocycles. The minimum atomic E-state index is 0. The number of likely N-dealkylation sites (N-methyl/N-ethyl adjacent to an activating group) is 1. The fourth-order valence-electron chi connectivity index (χ4n) is 2.70. The van der Waals surface area contributed by atoms with E-state index in [1.165, 1.54) is 6.92 Å². The Hall–Kier alpha value is -1.29. The lowest BCUT2D eigenvalue weighted by Crippen LogP contribution is -2.18. The summed E-state index contributed by atoms with van der Waals surface area (Å²) in [5, 5.41) is 1.90. The zero-order valence-electron chi connectivity index (χ0n) is 12.0. The van der Waals surface area contributed by atoms with Crippen LogP contribution in [0.5, 0.6) is 0 Å². The van der Waals surface area contributed by atoms with Crippen LogP contribution in [0.4, 0.5) is 0 Å². The molecule has 0 fully saturated rings. The van der Waals surface area contributed by atoms with Crippen molar-refractivity contribution in [3.63, 3.8) is 0 Å². The minimum Gasteiger partial charge on any atom is -0.456 e. The van der Waals surface area contributed by atoms with Gasteiger partial charge >= 0.3 is 0 Å². The fourth-order valence-corrected chi connectivity index (χ4v) is 2.95. The van der Waals surface area contributed by atoms with E-state index < -0.39 is 0 Å². The molecule has 1 aromatic heterocycles. The van der Waals surface area contributed by atoms with E-state index in [4.69, 9.17) is 16.0 Å². The van der Waals surface area contributed by atoms with Gasteiger partial charge in [0.25, 0.3) is 0 Å². The van der Waals surface area contributed by atoms with Crippen LogP contribution in [0.25, 0.3) is 17.0 Å². The predicted octanol–water partition coefficient (Wildman–Crippen LogP) is 4.10. The van der Waals surface area contributed by atoms with E-state index in [2.05, 4.69) is 11.9 Å². The van der Waals surface area contributed by atoms with Crippen molar-refractivity contribution < 1.29 is 9.21 Å². The average molecular weight is 326 g/mol. The first-order chi connectivity index (χ1) is 9.56. The summed E-state index contributed by atoms with van der Waals surface area (Å²) in [7, 11) is 2.08. The number of nitrogens with zero attached hydrogens (tertiary/aromatic N) is 1. The Balaban J connectivity index is 0.00000161. The monoisotopic (exact) mass is 325 g/mol. The van der Waals surface area contributed by atoms with Crippen molar-refractivity contribution >= 4 is 46.8 Å². The molecule has 2 heterocycles.